The van der Waals surface area contributed by atoms with E-state index in [0.29, 0.717) is 19.1 Å². The Morgan fingerprint density at radius 3 is 2.88 bits per heavy atom. The molecule has 3 aliphatic heterocycles. The molecule has 5 rings (SSSR count). The van der Waals surface area contributed by atoms with Gasteiger partial charge in [0.2, 0.25) is 0 Å². The summed E-state index contributed by atoms with van der Waals surface area (Å²) in [5, 5.41) is 0.998. The average Bonchev–Trinajstić information content (AvgIpc) is 3.12. The Morgan fingerprint density at radius 2 is 2.04 bits per heavy atom. The van der Waals surface area contributed by atoms with Gasteiger partial charge in [0.15, 0.2) is 0 Å². The summed E-state index contributed by atoms with van der Waals surface area (Å²) in [5.74, 6) is 0.0831. The van der Waals surface area contributed by atoms with Crippen molar-refractivity contribution in [2.24, 2.45) is 0 Å². The van der Waals surface area contributed by atoms with Crippen LogP contribution >= 0.6 is 0 Å². The highest BCUT2D eigenvalue weighted by molar-refractivity contribution is 5.98. The predicted octanol–water partition coefficient (Wildman–Crippen LogP) is 1.55. The summed E-state index contributed by atoms with van der Waals surface area (Å²) < 4.78 is 11.6. The number of rotatable bonds is 2. The van der Waals surface area contributed by atoms with Gasteiger partial charge in [-0.15, -0.1) is 0 Å². The van der Waals surface area contributed by atoms with Gasteiger partial charge in [-0.2, -0.15) is 0 Å². The number of benzene rings is 1. The van der Waals surface area contributed by atoms with Crippen molar-refractivity contribution in [3.8, 4) is 0 Å². The number of pyridine rings is 1. The summed E-state index contributed by atoms with van der Waals surface area (Å²) in [6.45, 7) is 5.74. The topological polar surface area (TPSA) is 54.9 Å². The molecular weight excluding hydrogens is 330 g/mol. The van der Waals surface area contributed by atoms with Gasteiger partial charge in [0.05, 0.1) is 38.4 Å². The van der Waals surface area contributed by atoms with E-state index in [-0.39, 0.29) is 11.5 Å². The number of fused-ring (bicyclic) bond motifs is 1. The van der Waals surface area contributed by atoms with Crippen LogP contribution in [0.1, 0.15) is 16.8 Å². The summed E-state index contributed by atoms with van der Waals surface area (Å²) in [4.78, 5) is 21.5. The lowest BCUT2D eigenvalue weighted by molar-refractivity contribution is -0.0951. The molecule has 3 fully saturated rings. The van der Waals surface area contributed by atoms with Crippen molar-refractivity contribution in [3.05, 3.63) is 42.1 Å². The Kier molecular flexibility index (Phi) is 3.92. The number of likely N-dealkylation sites (tertiary alicyclic amines) is 1. The van der Waals surface area contributed by atoms with Crippen LogP contribution in [-0.2, 0) is 9.47 Å². The number of nitrogens with zero attached hydrogens (tertiary/aromatic N) is 3. The van der Waals surface area contributed by atoms with Crippen molar-refractivity contribution in [3.63, 3.8) is 0 Å². The first-order valence-electron chi connectivity index (χ1n) is 9.32. The van der Waals surface area contributed by atoms with Crippen molar-refractivity contribution >= 4 is 16.8 Å². The number of carbonyl (C=O) groups is 1. The summed E-state index contributed by atoms with van der Waals surface area (Å²) >= 11 is 0. The van der Waals surface area contributed by atoms with Gasteiger partial charge >= 0.3 is 0 Å². The quantitative estimate of drug-likeness (QED) is 0.820. The van der Waals surface area contributed by atoms with E-state index in [9.17, 15) is 4.79 Å². The molecule has 3 aliphatic rings. The second-order valence-corrected chi connectivity index (χ2v) is 7.57. The minimum absolute atomic E-state index is 0.0831. The van der Waals surface area contributed by atoms with Crippen LogP contribution < -0.4 is 0 Å². The molecule has 4 heterocycles. The Bertz CT molecular complexity index is 828. The first-order chi connectivity index (χ1) is 12.7. The van der Waals surface area contributed by atoms with Crippen molar-refractivity contribution in [1.82, 2.24) is 14.8 Å². The molecular formula is C20H23N3O3. The highest BCUT2D eigenvalue weighted by Crippen LogP contribution is 2.37. The minimum Gasteiger partial charge on any atom is -0.379 e. The van der Waals surface area contributed by atoms with Gasteiger partial charge < -0.3 is 14.4 Å². The van der Waals surface area contributed by atoms with E-state index in [1.165, 1.54) is 0 Å². The number of carbonyl (C=O) groups excluding carboxylic acids is 1. The van der Waals surface area contributed by atoms with Crippen LogP contribution in [0.5, 0.6) is 0 Å². The number of ether oxygens (including phenoxy) is 2. The molecule has 1 unspecified atom stereocenters. The predicted molar refractivity (Wildman–Crippen MR) is 97.1 cm³/mol. The fraction of sp³-hybridized carbons (Fsp3) is 0.500. The van der Waals surface area contributed by atoms with Gasteiger partial charge in [-0.1, -0.05) is 6.07 Å². The molecule has 0 radical (unpaired) electrons. The summed E-state index contributed by atoms with van der Waals surface area (Å²) in [7, 11) is 0. The molecule has 26 heavy (non-hydrogen) atoms. The second kappa shape index (κ2) is 6.30. The van der Waals surface area contributed by atoms with Gasteiger partial charge in [-0.25, -0.2) is 0 Å². The average molecular weight is 353 g/mol. The molecule has 0 bridgehead atoms. The van der Waals surface area contributed by atoms with E-state index in [2.05, 4.69) is 9.88 Å². The van der Waals surface area contributed by atoms with Gasteiger partial charge in [0, 0.05) is 36.3 Å². The normalized spacial score (nSPS) is 25.5. The van der Waals surface area contributed by atoms with Crippen LogP contribution in [0.2, 0.25) is 0 Å². The van der Waals surface area contributed by atoms with E-state index in [4.69, 9.17) is 9.47 Å². The number of aromatic nitrogens is 1. The van der Waals surface area contributed by atoms with Gasteiger partial charge in [-0.05, 0) is 30.7 Å². The van der Waals surface area contributed by atoms with E-state index >= 15 is 0 Å². The smallest absolute Gasteiger partial charge is 0.254 e. The zero-order chi connectivity index (χ0) is 17.6. The zero-order valence-electron chi connectivity index (χ0n) is 14.8. The maximum atomic E-state index is 12.8. The third-order valence-corrected chi connectivity index (χ3v) is 5.85. The van der Waals surface area contributed by atoms with Gasteiger partial charge in [-0.3, -0.25) is 14.7 Å². The molecule has 1 aromatic heterocycles. The Morgan fingerprint density at radius 1 is 1.19 bits per heavy atom. The molecule has 136 valence electrons. The zero-order valence-corrected chi connectivity index (χ0v) is 14.8. The highest BCUT2D eigenvalue weighted by atomic mass is 16.5. The van der Waals surface area contributed by atoms with Crippen molar-refractivity contribution in [2.75, 3.05) is 46.0 Å². The molecule has 2 aromatic rings. The molecule has 1 amide bonds. The molecule has 1 spiro atoms. The first kappa shape index (κ1) is 16.2. The molecule has 6 heteroatoms. The first-order valence-corrected chi connectivity index (χ1v) is 9.32. The van der Waals surface area contributed by atoms with Crippen LogP contribution in [0.25, 0.3) is 10.9 Å². The van der Waals surface area contributed by atoms with Crippen molar-refractivity contribution in [2.45, 2.75) is 18.1 Å². The standard InChI is InChI=1S/C20H23N3O3/c24-19(16-3-4-18-15(10-16)2-1-5-21-18)23-13-20(14-23)11-17(12-26-20)22-6-8-25-9-7-22/h1-5,10,17H,6-9,11-14H2. The molecule has 0 N–H and O–H groups in total. The molecule has 1 aromatic carbocycles. The van der Waals surface area contributed by atoms with Crippen LogP contribution in [0.4, 0.5) is 0 Å². The summed E-state index contributed by atoms with van der Waals surface area (Å²) in [5.41, 5.74) is 1.50. The fourth-order valence-electron chi connectivity index (χ4n) is 4.40. The van der Waals surface area contributed by atoms with E-state index in [1.54, 1.807) is 6.20 Å². The molecule has 1 atom stereocenters. The largest absolute Gasteiger partial charge is 0.379 e. The summed E-state index contributed by atoms with van der Waals surface area (Å²) in [6.07, 6.45) is 2.78. The van der Waals surface area contributed by atoms with Crippen molar-refractivity contribution < 1.29 is 14.3 Å². The van der Waals surface area contributed by atoms with Crippen LogP contribution in [0.3, 0.4) is 0 Å². The molecule has 3 saturated heterocycles. The molecule has 0 aliphatic carbocycles. The maximum absolute atomic E-state index is 12.8. The minimum atomic E-state index is -0.142. The Hall–Kier alpha value is -2.02. The third-order valence-electron chi connectivity index (χ3n) is 5.85. The monoisotopic (exact) mass is 353 g/mol. The van der Waals surface area contributed by atoms with E-state index in [0.717, 1.165) is 55.8 Å². The second-order valence-electron chi connectivity index (χ2n) is 7.57. The van der Waals surface area contributed by atoms with Crippen LogP contribution in [0.15, 0.2) is 36.5 Å². The maximum Gasteiger partial charge on any atom is 0.254 e. The third kappa shape index (κ3) is 2.78. The lowest BCUT2D eigenvalue weighted by Gasteiger charge is -2.47. The lowest BCUT2D eigenvalue weighted by atomic mass is 9.88. The van der Waals surface area contributed by atoms with E-state index < -0.39 is 0 Å². The Balaban J connectivity index is 1.24. The Labute approximate surface area is 152 Å². The van der Waals surface area contributed by atoms with Gasteiger partial charge in [0.25, 0.3) is 5.91 Å². The number of hydrogen-bond acceptors (Lipinski definition) is 5. The van der Waals surface area contributed by atoms with Crippen LogP contribution in [-0.4, -0.2) is 78.3 Å². The van der Waals surface area contributed by atoms with Gasteiger partial charge in [0.1, 0.15) is 5.60 Å². The van der Waals surface area contributed by atoms with E-state index in [1.807, 2.05) is 35.2 Å². The SMILES string of the molecule is O=C(c1ccc2ncccc2c1)N1CC2(CC(N3CCOCC3)CO2)C1. The highest BCUT2D eigenvalue weighted by Gasteiger charge is 2.52. The molecule has 6 nitrogen and oxygen atoms in total. The van der Waals surface area contributed by atoms with Crippen LogP contribution in [0, 0.1) is 0 Å². The summed E-state index contributed by atoms with van der Waals surface area (Å²) in [6, 6.07) is 10.1. The lowest BCUT2D eigenvalue weighted by Crippen LogP contribution is -2.63. The number of morpholine rings is 1. The number of hydrogen-bond donors (Lipinski definition) is 0. The number of amides is 1. The van der Waals surface area contributed by atoms with Crippen molar-refractivity contribution in [1.29, 1.82) is 0 Å². The fourth-order valence-corrected chi connectivity index (χ4v) is 4.40. The molecule has 0 saturated carbocycles.